The predicted octanol–water partition coefficient (Wildman–Crippen LogP) is 5.44. The minimum Gasteiger partial charge on any atom is -0.493 e. The fourth-order valence-electron chi connectivity index (χ4n) is 3.36. The van der Waals surface area contributed by atoms with E-state index < -0.39 is 0 Å². The summed E-state index contributed by atoms with van der Waals surface area (Å²) in [5, 5.41) is 0. The molecule has 0 aliphatic heterocycles. The van der Waals surface area contributed by atoms with Gasteiger partial charge in [0.2, 0.25) is 5.91 Å². The van der Waals surface area contributed by atoms with Crippen molar-refractivity contribution >= 4 is 5.91 Å². The van der Waals surface area contributed by atoms with E-state index in [9.17, 15) is 4.79 Å². The molecule has 0 bridgehead atoms. The number of methoxy groups -OCH3 is 2. The Morgan fingerprint density at radius 1 is 1.08 bits per heavy atom. The molecule has 0 saturated heterocycles. The van der Waals surface area contributed by atoms with Crippen molar-refractivity contribution in [1.82, 2.24) is 4.90 Å². The van der Waals surface area contributed by atoms with Crippen molar-refractivity contribution in [1.29, 1.82) is 0 Å². The summed E-state index contributed by atoms with van der Waals surface area (Å²) in [6.45, 7) is 11.3. The maximum absolute atomic E-state index is 13.2. The van der Waals surface area contributed by atoms with Crippen molar-refractivity contribution in [2.75, 3.05) is 14.2 Å². The van der Waals surface area contributed by atoms with Crippen LogP contribution in [0.25, 0.3) is 0 Å². The largest absolute Gasteiger partial charge is 0.493 e. The van der Waals surface area contributed by atoms with Crippen LogP contribution in [0.4, 0.5) is 0 Å². The van der Waals surface area contributed by atoms with E-state index in [2.05, 4.69) is 39.5 Å². The lowest BCUT2D eigenvalue weighted by Gasteiger charge is -2.34. The first-order chi connectivity index (χ1) is 12.3. The van der Waals surface area contributed by atoms with E-state index in [0.717, 1.165) is 37.0 Å². The Bertz CT molecular complexity index is 557. The standard InChI is InChI=1S/C22H37NO3/c1-8-11-18(12-9-2)23(20(24)15-22(3,4)5)16-17-13-10-14-19(25-6)21(17)26-7/h10,13-14,18H,8-9,11-12,15-16H2,1-7H3. The van der Waals surface area contributed by atoms with Gasteiger partial charge < -0.3 is 14.4 Å². The maximum Gasteiger partial charge on any atom is 0.223 e. The molecule has 1 rings (SSSR count). The molecule has 148 valence electrons. The summed E-state index contributed by atoms with van der Waals surface area (Å²) >= 11 is 0. The molecule has 1 aromatic carbocycles. The summed E-state index contributed by atoms with van der Waals surface area (Å²) in [6, 6.07) is 6.13. The normalized spacial score (nSPS) is 11.5. The Morgan fingerprint density at radius 3 is 2.15 bits per heavy atom. The summed E-state index contributed by atoms with van der Waals surface area (Å²) < 4.78 is 11.0. The van der Waals surface area contributed by atoms with E-state index in [4.69, 9.17) is 9.47 Å². The second-order valence-corrected chi connectivity index (χ2v) is 8.14. The first kappa shape index (κ1) is 22.3. The third-order valence-corrected chi connectivity index (χ3v) is 4.51. The van der Waals surface area contributed by atoms with Crippen molar-refractivity contribution in [3.8, 4) is 11.5 Å². The molecule has 0 fully saturated rings. The number of benzene rings is 1. The highest BCUT2D eigenvalue weighted by Gasteiger charge is 2.27. The van der Waals surface area contributed by atoms with Gasteiger partial charge in [0, 0.05) is 24.6 Å². The van der Waals surface area contributed by atoms with Gasteiger partial charge in [0.15, 0.2) is 11.5 Å². The molecule has 0 atom stereocenters. The highest BCUT2D eigenvalue weighted by Crippen LogP contribution is 2.33. The van der Waals surface area contributed by atoms with Crippen LogP contribution in [0.15, 0.2) is 18.2 Å². The second-order valence-electron chi connectivity index (χ2n) is 8.14. The highest BCUT2D eigenvalue weighted by atomic mass is 16.5. The molecule has 1 aromatic rings. The third kappa shape index (κ3) is 6.54. The molecule has 0 saturated carbocycles. The number of carbonyl (C=O) groups is 1. The Morgan fingerprint density at radius 2 is 1.69 bits per heavy atom. The summed E-state index contributed by atoms with van der Waals surface area (Å²) in [7, 11) is 3.29. The van der Waals surface area contributed by atoms with Crippen molar-refractivity contribution in [2.24, 2.45) is 5.41 Å². The number of ether oxygens (including phenoxy) is 2. The molecule has 4 nitrogen and oxygen atoms in total. The number of hydrogen-bond acceptors (Lipinski definition) is 3. The van der Waals surface area contributed by atoms with E-state index in [1.54, 1.807) is 14.2 Å². The van der Waals surface area contributed by atoms with Gasteiger partial charge in [-0.1, -0.05) is 59.6 Å². The van der Waals surface area contributed by atoms with Crippen molar-refractivity contribution in [2.45, 2.75) is 79.3 Å². The van der Waals surface area contributed by atoms with Crippen LogP contribution in [0.3, 0.4) is 0 Å². The van der Waals surface area contributed by atoms with Crippen molar-refractivity contribution in [3.63, 3.8) is 0 Å². The maximum atomic E-state index is 13.2. The fourth-order valence-corrected chi connectivity index (χ4v) is 3.36. The molecular weight excluding hydrogens is 326 g/mol. The van der Waals surface area contributed by atoms with E-state index in [0.29, 0.717) is 18.7 Å². The van der Waals surface area contributed by atoms with Gasteiger partial charge in [0.25, 0.3) is 0 Å². The molecule has 4 heteroatoms. The average molecular weight is 364 g/mol. The Kier molecular flexibility index (Phi) is 8.97. The summed E-state index contributed by atoms with van der Waals surface area (Å²) in [4.78, 5) is 15.2. The van der Waals surface area contributed by atoms with Gasteiger partial charge in [-0.05, 0) is 24.3 Å². The molecule has 0 aromatic heterocycles. The first-order valence-electron chi connectivity index (χ1n) is 9.76. The summed E-state index contributed by atoms with van der Waals surface area (Å²) in [5.74, 6) is 1.64. The van der Waals surface area contributed by atoms with Gasteiger partial charge in [-0.15, -0.1) is 0 Å². The molecule has 1 amide bonds. The predicted molar refractivity (Wildman–Crippen MR) is 108 cm³/mol. The Labute approximate surface area is 159 Å². The van der Waals surface area contributed by atoms with Crippen LogP contribution in [0.1, 0.15) is 72.3 Å². The van der Waals surface area contributed by atoms with Gasteiger partial charge in [-0.25, -0.2) is 0 Å². The van der Waals surface area contributed by atoms with Crippen LogP contribution in [-0.2, 0) is 11.3 Å². The number of carbonyl (C=O) groups excluding carboxylic acids is 1. The van der Waals surface area contributed by atoms with Crippen LogP contribution < -0.4 is 9.47 Å². The lowest BCUT2D eigenvalue weighted by atomic mass is 9.90. The zero-order valence-electron chi connectivity index (χ0n) is 17.7. The molecule has 0 unspecified atom stereocenters. The topological polar surface area (TPSA) is 38.8 Å². The molecule has 0 N–H and O–H groups in total. The van der Waals surface area contributed by atoms with Crippen LogP contribution in [0.2, 0.25) is 0 Å². The smallest absolute Gasteiger partial charge is 0.223 e. The molecule has 0 aliphatic carbocycles. The number of hydrogen-bond donors (Lipinski definition) is 0. The van der Waals surface area contributed by atoms with Crippen LogP contribution in [-0.4, -0.2) is 31.1 Å². The second kappa shape index (κ2) is 10.4. The highest BCUT2D eigenvalue weighted by molar-refractivity contribution is 5.77. The fraction of sp³-hybridized carbons (Fsp3) is 0.682. The minimum atomic E-state index is -0.0310. The number of rotatable bonds is 10. The van der Waals surface area contributed by atoms with Gasteiger partial charge in [-0.3, -0.25) is 4.79 Å². The first-order valence-corrected chi connectivity index (χ1v) is 9.76. The molecular formula is C22H37NO3. The monoisotopic (exact) mass is 363 g/mol. The molecule has 0 radical (unpaired) electrons. The minimum absolute atomic E-state index is 0.0310. The number of nitrogens with zero attached hydrogens (tertiary/aromatic N) is 1. The average Bonchev–Trinajstić information content (AvgIpc) is 2.57. The Balaban J connectivity index is 3.21. The van der Waals surface area contributed by atoms with E-state index in [1.807, 2.05) is 18.2 Å². The molecule has 0 spiro atoms. The van der Waals surface area contributed by atoms with Gasteiger partial charge in [0.05, 0.1) is 14.2 Å². The van der Waals surface area contributed by atoms with E-state index in [1.165, 1.54) is 0 Å². The van der Waals surface area contributed by atoms with Crippen LogP contribution >= 0.6 is 0 Å². The lowest BCUT2D eigenvalue weighted by molar-refractivity contribution is -0.136. The molecule has 0 heterocycles. The van der Waals surface area contributed by atoms with Crippen molar-refractivity contribution < 1.29 is 14.3 Å². The quantitative estimate of drug-likeness (QED) is 0.556. The zero-order chi connectivity index (χ0) is 19.7. The zero-order valence-corrected chi connectivity index (χ0v) is 17.7. The van der Waals surface area contributed by atoms with Crippen molar-refractivity contribution in [3.05, 3.63) is 23.8 Å². The van der Waals surface area contributed by atoms with Crippen LogP contribution in [0.5, 0.6) is 11.5 Å². The summed E-state index contributed by atoms with van der Waals surface area (Å²) in [5.41, 5.74) is 0.961. The molecule has 0 aliphatic rings. The third-order valence-electron chi connectivity index (χ3n) is 4.51. The van der Waals surface area contributed by atoms with Gasteiger partial charge in [-0.2, -0.15) is 0 Å². The molecule has 26 heavy (non-hydrogen) atoms. The number of para-hydroxylation sites is 1. The number of amides is 1. The van der Waals surface area contributed by atoms with E-state index >= 15 is 0 Å². The van der Waals surface area contributed by atoms with Gasteiger partial charge >= 0.3 is 0 Å². The Hall–Kier alpha value is -1.71. The van der Waals surface area contributed by atoms with Crippen LogP contribution in [0, 0.1) is 5.41 Å². The lowest BCUT2D eigenvalue weighted by Crippen LogP contribution is -2.41. The van der Waals surface area contributed by atoms with E-state index in [-0.39, 0.29) is 17.4 Å². The van der Waals surface area contributed by atoms with Gasteiger partial charge in [0.1, 0.15) is 0 Å². The summed E-state index contributed by atoms with van der Waals surface area (Å²) in [6.07, 6.45) is 4.73. The SMILES string of the molecule is CCCC(CCC)N(Cc1cccc(OC)c1OC)C(=O)CC(C)(C)C.